The van der Waals surface area contributed by atoms with Crippen molar-refractivity contribution in [1.82, 2.24) is 0 Å². The van der Waals surface area contributed by atoms with Gasteiger partial charge in [-0.15, -0.1) is 0 Å². The number of rotatable bonds is 7. The molecule has 0 saturated heterocycles. The van der Waals surface area contributed by atoms with Gasteiger partial charge < -0.3 is 14.5 Å². The molecule has 126 valence electrons. The smallest absolute Gasteiger partial charge is 0.234 e. The minimum atomic E-state index is -0.0233. The van der Waals surface area contributed by atoms with Gasteiger partial charge in [0.1, 0.15) is 16.9 Å². The highest BCUT2D eigenvalue weighted by Gasteiger charge is 2.14. The molecular formula is C19H21NO3S. The van der Waals surface area contributed by atoms with Crippen molar-refractivity contribution in [3.8, 4) is 5.75 Å². The Kier molecular flexibility index (Phi) is 5.30. The minimum Gasteiger partial charge on any atom is -0.495 e. The van der Waals surface area contributed by atoms with Crippen molar-refractivity contribution in [1.29, 1.82) is 0 Å². The number of para-hydroxylation sites is 1. The van der Waals surface area contributed by atoms with E-state index in [9.17, 15) is 4.79 Å². The van der Waals surface area contributed by atoms with Crippen LogP contribution in [0.1, 0.15) is 19.8 Å². The molecule has 0 spiro atoms. The van der Waals surface area contributed by atoms with Gasteiger partial charge in [-0.1, -0.05) is 31.5 Å². The normalized spacial score (nSPS) is 11.1. The Morgan fingerprint density at radius 3 is 2.83 bits per heavy atom. The molecule has 1 amide bonds. The average Bonchev–Trinajstić information content (AvgIpc) is 2.95. The molecule has 3 aromatic rings. The van der Waals surface area contributed by atoms with Gasteiger partial charge in [0.05, 0.1) is 18.6 Å². The molecule has 0 unspecified atom stereocenters. The van der Waals surface area contributed by atoms with Crippen LogP contribution in [0.5, 0.6) is 5.75 Å². The van der Waals surface area contributed by atoms with Crippen molar-refractivity contribution >= 4 is 45.3 Å². The van der Waals surface area contributed by atoms with Crippen LogP contribution in [-0.2, 0) is 4.79 Å². The first kappa shape index (κ1) is 16.7. The monoisotopic (exact) mass is 343 g/mol. The average molecular weight is 343 g/mol. The van der Waals surface area contributed by atoms with Gasteiger partial charge in [-0.3, -0.25) is 4.79 Å². The van der Waals surface area contributed by atoms with Gasteiger partial charge in [-0.2, -0.15) is 11.8 Å². The SMILES string of the molecule is CCCCSCC(=O)Nc1cc2oc3ccccc3c2cc1OC. The van der Waals surface area contributed by atoms with Crippen molar-refractivity contribution in [2.24, 2.45) is 0 Å². The fourth-order valence-electron chi connectivity index (χ4n) is 2.62. The number of nitrogens with one attached hydrogen (secondary N) is 1. The molecule has 1 N–H and O–H groups in total. The van der Waals surface area contributed by atoms with Crippen LogP contribution in [0.15, 0.2) is 40.8 Å². The molecular weight excluding hydrogens is 322 g/mol. The number of anilines is 1. The third-order valence-electron chi connectivity index (χ3n) is 3.85. The number of hydrogen-bond acceptors (Lipinski definition) is 4. The number of benzene rings is 2. The summed E-state index contributed by atoms with van der Waals surface area (Å²) >= 11 is 1.65. The van der Waals surface area contributed by atoms with E-state index in [1.807, 2.05) is 36.4 Å². The van der Waals surface area contributed by atoms with Crippen LogP contribution >= 0.6 is 11.8 Å². The quantitative estimate of drug-likeness (QED) is 0.609. The second-order valence-corrected chi connectivity index (χ2v) is 6.71. The van der Waals surface area contributed by atoms with Crippen LogP contribution in [0.2, 0.25) is 0 Å². The van der Waals surface area contributed by atoms with E-state index < -0.39 is 0 Å². The van der Waals surface area contributed by atoms with Crippen LogP contribution in [0, 0.1) is 0 Å². The van der Waals surface area contributed by atoms with E-state index in [1.54, 1.807) is 18.9 Å². The summed E-state index contributed by atoms with van der Waals surface area (Å²) in [4.78, 5) is 12.1. The van der Waals surface area contributed by atoms with E-state index in [-0.39, 0.29) is 5.91 Å². The number of hydrogen-bond donors (Lipinski definition) is 1. The maximum atomic E-state index is 12.1. The van der Waals surface area contributed by atoms with Gasteiger partial charge in [0.2, 0.25) is 5.91 Å². The largest absolute Gasteiger partial charge is 0.495 e. The van der Waals surface area contributed by atoms with Gasteiger partial charge in [0.25, 0.3) is 0 Å². The number of carbonyl (C=O) groups excluding carboxylic acids is 1. The highest BCUT2D eigenvalue weighted by atomic mass is 32.2. The Labute approximate surface area is 145 Å². The molecule has 0 saturated carbocycles. The number of fused-ring (bicyclic) bond motifs is 3. The van der Waals surface area contributed by atoms with Gasteiger partial charge in [-0.25, -0.2) is 0 Å². The summed E-state index contributed by atoms with van der Waals surface area (Å²) in [7, 11) is 1.61. The second-order valence-electron chi connectivity index (χ2n) is 5.60. The lowest BCUT2D eigenvalue weighted by atomic mass is 10.1. The van der Waals surface area contributed by atoms with Crippen molar-refractivity contribution in [3.05, 3.63) is 36.4 Å². The van der Waals surface area contributed by atoms with Crippen LogP contribution < -0.4 is 10.1 Å². The maximum Gasteiger partial charge on any atom is 0.234 e. The Morgan fingerprint density at radius 1 is 1.21 bits per heavy atom. The summed E-state index contributed by atoms with van der Waals surface area (Å²) in [6.07, 6.45) is 2.28. The fourth-order valence-corrected chi connectivity index (χ4v) is 3.51. The van der Waals surface area contributed by atoms with Crippen molar-refractivity contribution in [3.63, 3.8) is 0 Å². The number of furan rings is 1. The summed E-state index contributed by atoms with van der Waals surface area (Å²) in [6.45, 7) is 2.15. The zero-order valence-corrected chi connectivity index (χ0v) is 14.7. The number of amides is 1. The van der Waals surface area contributed by atoms with Crippen molar-refractivity contribution in [2.75, 3.05) is 23.9 Å². The fraction of sp³-hybridized carbons (Fsp3) is 0.316. The van der Waals surface area contributed by atoms with E-state index >= 15 is 0 Å². The third kappa shape index (κ3) is 3.51. The zero-order valence-electron chi connectivity index (χ0n) is 13.9. The van der Waals surface area contributed by atoms with E-state index in [0.717, 1.165) is 40.5 Å². The Hall–Kier alpha value is -2.14. The highest BCUT2D eigenvalue weighted by molar-refractivity contribution is 7.99. The Bertz CT molecular complexity index is 856. The Morgan fingerprint density at radius 2 is 2.04 bits per heavy atom. The molecule has 0 aliphatic rings. The molecule has 0 radical (unpaired) electrons. The molecule has 0 aliphatic heterocycles. The van der Waals surface area contributed by atoms with E-state index in [2.05, 4.69) is 12.2 Å². The molecule has 0 aliphatic carbocycles. The second kappa shape index (κ2) is 7.62. The van der Waals surface area contributed by atoms with Crippen LogP contribution in [-0.4, -0.2) is 24.5 Å². The standard InChI is InChI=1S/C19H21NO3S/c1-3-4-9-24-12-19(21)20-15-11-17-14(10-18(15)22-2)13-7-5-6-8-16(13)23-17/h5-8,10-11H,3-4,9,12H2,1-2H3,(H,20,21). The lowest BCUT2D eigenvalue weighted by Gasteiger charge is -2.10. The topological polar surface area (TPSA) is 51.5 Å². The van der Waals surface area contributed by atoms with Gasteiger partial charge in [0.15, 0.2) is 0 Å². The van der Waals surface area contributed by atoms with Crippen molar-refractivity contribution in [2.45, 2.75) is 19.8 Å². The summed E-state index contributed by atoms with van der Waals surface area (Å²) in [5.74, 6) is 2.07. The molecule has 0 bridgehead atoms. The number of ether oxygens (including phenoxy) is 1. The molecule has 5 heteroatoms. The van der Waals surface area contributed by atoms with Gasteiger partial charge in [-0.05, 0) is 24.3 Å². The molecule has 0 fully saturated rings. The van der Waals surface area contributed by atoms with E-state index in [1.165, 1.54) is 0 Å². The maximum absolute atomic E-state index is 12.1. The first-order chi connectivity index (χ1) is 11.7. The molecule has 4 nitrogen and oxygen atoms in total. The number of unbranched alkanes of at least 4 members (excludes halogenated alkanes) is 1. The molecule has 3 rings (SSSR count). The van der Waals surface area contributed by atoms with Gasteiger partial charge >= 0.3 is 0 Å². The summed E-state index contributed by atoms with van der Waals surface area (Å²) < 4.78 is 11.3. The van der Waals surface area contributed by atoms with Crippen LogP contribution in [0.3, 0.4) is 0 Å². The van der Waals surface area contributed by atoms with Crippen LogP contribution in [0.4, 0.5) is 5.69 Å². The predicted octanol–water partition coefficient (Wildman–Crippen LogP) is 5.07. The highest BCUT2D eigenvalue weighted by Crippen LogP contribution is 2.36. The first-order valence-corrected chi connectivity index (χ1v) is 9.25. The molecule has 24 heavy (non-hydrogen) atoms. The van der Waals surface area contributed by atoms with Crippen molar-refractivity contribution < 1.29 is 13.9 Å². The predicted molar refractivity (Wildman–Crippen MR) is 101 cm³/mol. The Balaban J connectivity index is 1.84. The molecule has 2 aromatic carbocycles. The third-order valence-corrected chi connectivity index (χ3v) is 4.89. The van der Waals surface area contributed by atoms with Crippen LogP contribution in [0.25, 0.3) is 21.9 Å². The lowest BCUT2D eigenvalue weighted by molar-refractivity contribution is -0.113. The number of thioether (sulfide) groups is 1. The molecule has 1 heterocycles. The summed E-state index contributed by atoms with van der Waals surface area (Å²) in [5.41, 5.74) is 2.21. The first-order valence-electron chi connectivity index (χ1n) is 8.09. The molecule has 1 aromatic heterocycles. The number of carbonyl (C=O) groups is 1. The lowest BCUT2D eigenvalue weighted by Crippen LogP contribution is -2.15. The molecule has 0 atom stereocenters. The summed E-state index contributed by atoms with van der Waals surface area (Å²) in [6, 6.07) is 11.6. The minimum absolute atomic E-state index is 0.0233. The number of methoxy groups -OCH3 is 1. The van der Waals surface area contributed by atoms with Gasteiger partial charge in [0, 0.05) is 16.8 Å². The zero-order chi connectivity index (χ0) is 16.9. The van der Waals surface area contributed by atoms with E-state index in [4.69, 9.17) is 9.15 Å². The summed E-state index contributed by atoms with van der Waals surface area (Å²) in [5, 5.41) is 4.95. The van der Waals surface area contributed by atoms with E-state index in [0.29, 0.717) is 17.2 Å².